The van der Waals surface area contributed by atoms with E-state index < -0.39 is 5.97 Å². The third-order valence-corrected chi connectivity index (χ3v) is 4.00. The summed E-state index contributed by atoms with van der Waals surface area (Å²) in [7, 11) is 0. The number of carbonyl (C=O) groups is 2. The summed E-state index contributed by atoms with van der Waals surface area (Å²) in [6.45, 7) is 2.73. The highest BCUT2D eigenvalue weighted by molar-refractivity contribution is 6.30. The first-order valence-electron chi connectivity index (χ1n) is 6.86. The number of nitrogens with zero attached hydrogens (tertiary/aromatic N) is 1. The highest BCUT2D eigenvalue weighted by Crippen LogP contribution is 2.23. The standard InChI is InChI=1S/C15H18ClNO4/c1-10-8-17(7-6-13(10)15(19)20)14(18)9-21-12-4-2-11(16)3-5-12/h2-5,10,13H,6-9H2,1H3,(H,19,20). The molecule has 0 saturated carbocycles. The minimum atomic E-state index is -0.785. The molecule has 114 valence electrons. The van der Waals surface area contributed by atoms with Crippen LogP contribution in [0.5, 0.6) is 5.75 Å². The van der Waals surface area contributed by atoms with E-state index in [0.29, 0.717) is 30.3 Å². The molecule has 2 atom stereocenters. The molecule has 0 radical (unpaired) electrons. The zero-order valence-electron chi connectivity index (χ0n) is 11.8. The van der Waals surface area contributed by atoms with Gasteiger partial charge in [0.15, 0.2) is 6.61 Å². The number of piperidine rings is 1. The minimum Gasteiger partial charge on any atom is -0.484 e. The van der Waals surface area contributed by atoms with Crippen molar-refractivity contribution in [2.75, 3.05) is 19.7 Å². The first-order chi connectivity index (χ1) is 9.97. The zero-order chi connectivity index (χ0) is 15.4. The number of carbonyl (C=O) groups excluding carboxylic acids is 1. The van der Waals surface area contributed by atoms with Gasteiger partial charge in [-0.3, -0.25) is 9.59 Å². The highest BCUT2D eigenvalue weighted by atomic mass is 35.5. The maximum atomic E-state index is 12.1. The van der Waals surface area contributed by atoms with E-state index in [9.17, 15) is 9.59 Å². The van der Waals surface area contributed by atoms with Crippen molar-refractivity contribution in [3.05, 3.63) is 29.3 Å². The summed E-state index contributed by atoms with van der Waals surface area (Å²) in [5, 5.41) is 9.68. The lowest BCUT2D eigenvalue weighted by molar-refractivity contribution is -0.148. The van der Waals surface area contributed by atoms with Gasteiger partial charge in [-0.1, -0.05) is 18.5 Å². The van der Waals surface area contributed by atoms with Crippen LogP contribution in [0.15, 0.2) is 24.3 Å². The van der Waals surface area contributed by atoms with Crippen molar-refractivity contribution in [3.63, 3.8) is 0 Å². The van der Waals surface area contributed by atoms with Gasteiger partial charge in [-0.2, -0.15) is 0 Å². The molecule has 1 aromatic carbocycles. The Kier molecular flexibility index (Phi) is 5.07. The third-order valence-electron chi connectivity index (χ3n) is 3.75. The van der Waals surface area contributed by atoms with Crippen LogP contribution in [0.4, 0.5) is 0 Å². The van der Waals surface area contributed by atoms with E-state index in [4.69, 9.17) is 21.4 Å². The second-order valence-electron chi connectivity index (χ2n) is 5.29. The maximum absolute atomic E-state index is 12.1. The van der Waals surface area contributed by atoms with Gasteiger partial charge < -0.3 is 14.7 Å². The summed E-state index contributed by atoms with van der Waals surface area (Å²) >= 11 is 5.77. The zero-order valence-corrected chi connectivity index (χ0v) is 12.5. The summed E-state index contributed by atoms with van der Waals surface area (Å²) in [5.74, 6) is -0.740. The predicted molar refractivity (Wildman–Crippen MR) is 78.4 cm³/mol. The van der Waals surface area contributed by atoms with Crippen LogP contribution in [0.3, 0.4) is 0 Å². The van der Waals surface area contributed by atoms with Crippen molar-refractivity contribution < 1.29 is 19.4 Å². The van der Waals surface area contributed by atoms with Gasteiger partial charge in [-0.15, -0.1) is 0 Å². The molecule has 5 nitrogen and oxygen atoms in total. The first-order valence-corrected chi connectivity index (χ1v) is 7.24. The van der Waals surface area contributed by atoms with E-state index in [1.807, 2.05) is 6.92 Å². The molecular formula is C15H18ClNO4. The van der Waals surface area contributed by atoms with Crippen LogP contribution < -0.4 is 4.74 Å². The molecule has 1 saturated heterocycles. The van der Waals surface area contributed by atoms with E-state index in [1.165, 1.54) is 0 Å². The molecule has 1 aliphatic heterocycles. The van der Waals surface area contributed by atoms with Crippen LogP contribution in [0.1, 0.15) is 13.3 Å². The van der Waals surface area contributed by atoms with Crippen LogP contribution in [0, 0.1) is 11.8 Å². The molecule has 6 heteroatoms. The van der Waals surface area contributed by atoms with E-state index in [2.05, 4.69) is 0 Å². The number of amides is 1. The van der Waals surface area contributed by atoms with Crippen molar-refractivity contribution in [2.45, 2.75) is 13.3 Å². The Labute approximate surface area is 128 Å². The molecule has 0 aliphatic carbocycles. The number of rotatable bonds is 4. The van der Waals surface area contributed by atoms with Gasteiger partial charge in [0.1, 0.15) is 5.75 Å². The largest absolute Gasteiger partial charge is 0.484 e. The van der Waals surface area contributed by atoms with Gasteiger partial charge >= 0.3 is 5.97 Å². The number of ether oxygens (including phenoxy) is 1. The second kappa shape index (κ2) is 6.80. The lowest BCUT2D eigenvalue weighted by Gasteiger charge is -2.34. The SMILES string of the molecule is CC1CN(C(=O)COc2ccc(Cl)cc2)CCC1C(=O)O. The van der Waals surface area contributed by atoms with Crippen molar-refractivity contribution in [3.8, 4) is 5.75 Å². The molecule has 1 N–H and O–H groups in total. The minimum absolute atomic E-state index is 0.0456. The maximum Gasteiger partial charge on any atom is 0.306 e. The highest BCUT2D eigenvalue weighted by Gasteiger charge is 2.32. The monoisotopic (exact) mass is 311 g/mol. The third kappa shape index (κ3) is 4.11. The molecule has 0 spiro atoms. The van der Waals surface area contributed by atoms with Crippen molar-refractivity contribution in [2.24, 2.45) is 11.8 Å². The van der Waals surface area contributed by atoms with Gasteiger partial charge in [-0.05, 0) is 36.6 Å². The summed E-state index contributed by atoms with van der Waals surface area (Å²) < 4.78 is 5.42. The van der Waals surface area contributed by atoms with Crippen LogP contribution in [-0.2, 0) is 9.59 Å². The number of halogens is 1. The Hall–Kier alpha value is -1.75. The Balaban J connectivity index is 1.84. The summed E-state index contributed by atoms with van der Waals surface area (Å²) in [4.78, 5) is 24.8. The lowest BCUT2D eigenvalue weighted by Crippen LogP contribution is -2.46. The topological polar surface area (TPSA) is 66.8 Å². The molecule has 1 amide bonds. The summed E-state index contributed by atoms with van der Waals surface area (Å²) in [6, 6.07) is 6.80. The van der Waals surface area contributed by atoms with E-state index in [-0.39, 0.29) is 24.3 Å². The average Bonchev–Trinajstić information content (AvgIpc) is 2.45. The molecule has 2 unspecified atom stereocenters. The molecule has 21 heavy (non-hydrogen) atoms. The molecule has 1 aromatic rings. The van der Waals surface area contributed by atoms with Crippen LogP contribution in [-0.4, -0.2) is 41.6 Å². The molecule has 0 bridgehead atoms. The number of carboxylic acid groups (broad SMARTS) is 1. The Morgan fingerprint density at radius 3 is 2.62 bits per heavy atom. The predicted octanol–water partition coefficient (Wildman–Crippen LogP) is 2.29. The number of hydrogen-bond donors (Lipinski definition) is 1. The molecule has 1 aliphatic rings. The van der Waals surface area contributed by atoms with Gasteiger partial charge in [0, 0.05) is 18.1 Å². The molecule has 2 rings (SSSR count). The molecule has 0 aromatic heterocycles. The Morgan fingerprint density at radius 1 is 1.38 bits per heavy atom. The smallest absolute Gasteiger partial charge is 0.306 e. The van der Waals surface area contributed by atoms with Crippen LogP contribution in [0.2, 0.25) is 5.02 Å². The van der Waals surface area contributed by atoms with Crippen LogP contribution >= 0.6 is 11.6 Å². The van der Waals surface area contributed by atoms with Crippen molar-refractivity contribution in [1.29, 1.82) is 0 Å². The fraction of sp³-hybridized carbons (Fsp3) is 0.467. The molecular weight excluding hydrogens is 294 g/mol. The van der Waals surface area contributed by atoms with Gasteiger partial charge in [0.25, 0.3) is 5.91 Å². The number of aliphatic carboxylic acids is 1. The normalized spacial score (nSPS) is 21.9. The quantitative estimate of drug-likeness (QED) is 0.926. The fourth-order valence-electron chi connectivity index (χ4n) is 2.51. The first kappa shape index (κ1) is 15.6. The lowest BCUT2D eigenvalue weighted by atomic mass is 9.87. The van der Waals surface area contributed by atoms with Crippen LogP contribution in [0.25, 0.3) is 0 Å². The molecule has 1 heterocycles. The van der Waals surface area contributed by atoms with E-state index in [1.54, 1.807) is 29.2 Å². The van der Waals surface area contributed by atoms with Gasteiger partial charge in [0.2, 0.25) is 0 Å². The van der Waals surface area contributed by atoms with E-state index >= 15 is 0 Å². The number of benzene rings is 1. The number of likely N-dealkylation sites (tertiary alicyclic amines) is 1. The Bertz CT molecular complexity index is 517. The van der Waals surface area contributed by atoms with Crippen molar-refractivity contribution in [1.82, 2.24) is 4.90 Å². The van der Waals surface area contributed by atoms with Gasteiger partial charge in [-0.25, -0.2) is 0 Å². The van der Waals surface area contributed by atoms with Crippen molar-refractivity contribution >= 4 is 23.5 Å². The second-order valence-corrected chi connectivity index (χ2v) is 5.73. The van der Waals surface area contributed by atoms with E-state index in [0.717, 1.165) is 0 Å². The summed E-state index contributed by atoms with van der Waals surface area (Å²) in [5.41, 5.74) is 0. The van der Waals surface area contributed by atoms with Gasteiger partial charge in [0.05, 0.1) is 5.92 Å². The Morgan fingerprint density at radius 2 is 2.05 bits per heavy atom. The number of hydrogen-bond acceptors (Lipinski definition) is 3. The average molecular weight is 312 g/mol. The fourth-order valence-corrected chi connectivity index (χ4v) is 2.63. The number of carboxylic acids is 1. The molecule has 1 fully saturated rings. The summed E-state index contributed by atoms with van der Waals surface area (Å²) in [6.07, 6.45) is 0.489.